The summed E-state index contributed by atoms with van der Waals surface area (Å²) in [4.78, 5) is 2.45. The molecule has 2 unspecified atom stereocenters. The Bertz CT molecular complexity index is 212. The Morgan fingerprint density at radius 2 is 2.20 bits per heavy atom. The van der Waals surface area contributed by atoms with E-state index in [2.05, 4.69) is 18.7 Å². The first kappa shape index (κ1) is 11.4. The Morgan fingerprint density at radius 1 is 1.40 bits per heavy atom. The van der Waals surface area contributed by atoms with Crippen molar-refractivity contribution < 1.29 is 9.84 Å². The Labute approximate surface area is 92.4 Å². The second-order valence-corrected chi connectivity index (χ2v) is 5.66. The molecule has 3 heteroatoms. The summed E-state index contributed by atoms with van der Waals surface area (Å²) in [7, 11) is 0. The smallest absolute Gasteiger partial charge is 0.0702 e. The van der Waals surface area contributed by atoms with E-state index in [-0.39, 0.29) is 11.5 Å². The van der Waals surface area contributed by atoms with Crippen molar-refractivity contribution in [1.29, 1.82) is 0 Å². The average Bonchev–Trinajstić information content (AvgIpc) is 2.63. The molecule has 2 aliphatic rings. The lowest BCUT2D eigenvalue weighted by molar-refractivity contribution is -0.0384. The SMILES string of the molecule is CC1(C)CN(CC2CCCO2)CCC1O. The van der Waals surface area contributed by atoms with Crippen molar-refractivity contribution in [2.24, 2.45) is 5.41 Å². The van der Waals surface area contributed by atoms with Crippen LogP contribution in [0.1, 0.15) is 33.1 Å². The van der Waals surface area contributed by atoms with Gasteiger partial charge in [0.25, 0.3) is 0 Å². The molecule has 2 atom stereocenters. The zero-order valence-corrected chi connectivity index (χ0v) is 9.91. The lowest BCUT2D eigenvalue weighted by atomic mass is 9.81. The molecule has 88 valence electrons. The Morgan fingerprint density at radius 3 is 2.80 bits per heavy atom. The number of aliphatic hydroxyl groups excluding tert-OH is 1. The minimum Gasteiger partial charge on any atom is -0.392 e. The number of hydrogen-bond donors (Lipinski definition) is 1. The number of hydrogen-bond acceptors (Lipinski definition) is 3. The molecule has 2 heterocycles. The van der Waals surface area contributed by atoms with Gasteiger partial charge in [-0.3, -0.25) is 0 Å². The number of rotatable bonds is 2. The van der Waals surface area contributed by atoms with Gasteiger partial charge in [0.1, 0.15) is 0 Å². The van der Waals surface area contributed by atoms with Crippen LogP contribution in [-0.2, 0) is 4.74 Å². The normalized spacial score (nSPS) is 37.0. The number of aliphatic hydroxyl groups is 1. The quantitative estimate of drug-likeness (QED) is 0.749. The Hall–Kier alpha value is -0.120. The van der Waals surface area contributed by atoms with Crippen LogP contribution in [0.5, 0.6) is 0 Å². The minimum absolute atomic E-state index is 0.0385. The highest BCUT2D eigenvalue weighted by Crippen LogP contribution is 2.29. The first-order chi connectivity index (χ1) is 7.08. The third kappa shape index (κ3) is 2.71. The maximum absolute atomic E-state index is 9.86. The first-order valence-corrected chi connectivity index (χ1v) is 6.10. The van der Waals surface area contributed by atoms with E-state index in [9.17, 15) is 5.11 Å². The fourth-order valence-electron chi connectivity index (χ4n) is 2.69. The molecule has 0 amide bonds. The Kier molecular flexibility index (Phi) is 3.33. The van der Waals surface area contributed by atoms with Crippen molar-refractivity contribution in [3.8, 4) is 0 Å². The van der Waals surface area contributed by atoms with Crippen molar-refractivity contribution in [2.75, 3.05) is 26.2 Å². The van der Waals surface area contributed by atoms with Gasteiger partial charge in [0.2, 0.25) is 0 Å². The van der Waals surface area contributed by atoms with E-state index in [1.165, 1.54) is 12.8 Å². The van der Waals surface area contributed by atoms with Crippen LogP contribution in [0.25, 0.3) is 0 Å². The van der Waals surface area contributed by atoms with E-state index in [4.69, 9.17) is 4.74 Å². The van der Waals surface area contributed by atoms with Crippen LogP contribution in [0.2, 0.25) is 0 Å². The van der Waals surface area contributed by atoms with Gasteiger partial charge in [0.05, 0.1) is 12.2 Å². The second-order valence-electron chi connectivity index (χ2n) is 5.66. The molecule has 0 aromatic rings. The van der Waals surface area contributed by atoms with Gasteiger partial charge < -0.3 is 14.7 Å². The van der Waals surface area contributed by atoms with Crippen molar-refractivity contribution in [2.45, 2.75) is 45.3 Å². The summed E-state index contributed by atoms with van der Waals surface area (Å²) in [6.07, 6.45) is 3.62. The predicted molar refractivity (Wildman–Crippen MR) is 59.8 cm³/mol. The summed E-state index contributed by atoms with van der Waals surface area (Å²) in [6, 6.07) is 0. The fraction of sp³-hybridized carbons (Fsp3) is 1.00. The molecule has 0 radical (unpaired) electrons. The molecular formula is C12H23NO2. The van der Waals surface area contributed by atoms with Gasteiger partial charge in [-0.05, 0) is 19.3 Å². The van der Waals surface area contributed by atoms with Crippen molar-refractivity contribution in [3.05, 3.63) is 0 Å². The van der Waals surface area contributed by atoms with Crippen molar-refractivity contribution in [3.63, 3.8) is 0 Å². The average molecular weight is 213 g/mol. The van der Waals surface area contributed by atoms with Crippen LogP contribution in [-0.4, -0.2) is 48.5 Å². The molecule has 2 aliphatic heterocycles. The molecule has 2 rings (SSSR count). The van der Waals surface area contributed by atoms with Crippen LogP contribution >= 0.6 is 0 Å². The van der Waals surface area contributed by atoms with Crippen molar-refractivity contribution in [1.82, 2.24) is 4.90 Å². The van der Waals surface area contributed by atoms with E-state index in [1.807, 2.05) is 0 Å². The standard InChI is InChI=1S/C12H23NO2/c1-12(2)9-13(6-5-11(12)14)8-10-4-3-7-15-10/h10-11,14H,3-9H2,1-2H3. The molecular weight excluding hydrogens is 190 g/mol. The monoisotopic (exact) mass is 213 g/mol. The molecule has 3 nitrogen and oxygen atoms in total. The molecule has 2 fully saturated rings. The lowest BCUT2D eigenvalue weighted by Gasteiger charge is -2.42. The summed E-state index contributed by atoms with van der Waals surface area (Å²) >= 11 is 0. The van der Waals surface area contributed by atoms with Crippen LogP contribution in [0, 0.1) is 5.41 Å². The van der Waals surface area contributed by atoms with Gasteiger partial charge in [-0.25, -0.2) is 0 Å². The molecule has 0 aromatic carbocycles. The molecule has 0 bridgehead atoms. The summed E-state index contributed by atoms with van der Waals surface area (Å²) in [5.41, 5.74) is 0.0385. The summed E-state index contributed by atoms with van der Waals surface area (Å²) in [6.45, 7) is 8.30. The third-order valence-electron chi connectivity index (χ3n) is 3.74. The second kappa shape index (κ2) is 4.40. The predicted octanol–water partition coefficient (Wildman–Crippen LogP) is 1.26. The summed E-state index contributed by atoms with van der Waals surface area (Å²) < 4.78 is 5.65. The van der Waals surface area contributed by atoms with Crippen LogP contribution in [0.4, 0.5) is 0 Å². The van der Waals surface area contributed by atoms with E-state index >= 15 is 0 Å². The zero-order valence-electron chi connectivity index (χ0n) is 9.91. The Balaban J connectivity index is 1.83. The number of likely N-dealkylation sites (tertiary alicyclic amines) is 1. The lowest BCUT2D eigenvalue weighted by Crippen LogP contribution is -2.50. The van der Waals surface area contributed by atoms with Gasteiger partial charge in [-0.15, -0.1) is 0 Å². The highest BCUT2D eigenvalue weighted by molar-refractivity contribution is 4.88. The van der Waals surface area contributed by atoms with Crippen LogP contribution < -0.4 is 0 Å². The maximum atomic E-state index is 9.86. The summed E-state index contributed by atoms with van der Waals surface area (Å²) in [5, 5.41) is 9.86. The first-order valence-electron chi connectivity index (χ1n) is 6.10. The van der Waals surface area contributed by atoms with Gasteiger partial charge in [-0.1, -0.05) is 13.8 Å². The highest BCUT2D eigenvalue weighted by Gasteiger charge is 2.35. The van der Waals surface area contributed by atoms with Crippen molar-refractivity contribution >= 4 is 0 Å². The van der Waals surface area contributed by atoms with E-state index in [0.29, 0.717) is 6.10 Å². The molecule has 0 aliphatic carbocycles. The maximum Gasteiger partial charge on any atom is 0.0702 e. The van der Waals surface area contributed by atoms with Gasteiger partial charge in [0.15, 0.2) is 0 Å². The molecule has 2 saturated heterocycles. The summed E-state index contributed by atoms with van der Waals surface area (Å²) in [5.74, 6) is 0. The number of ether oxygens (including phenoxy) is 1. The third-order valence-corrected chi connectivity index (χ3v) is 3.74. The fourth-order valence-corrected chi connectivity index (χ4v) is 2.69. The van der Waals surface area contributed by atoms with Gasteiger partial charge in [-0.2, -0.15) is 0 Å². The van der Waals surface area contributed by atoms with Gasteiger partial charge in [0, 0.05) is 31.7 Å². The molecule has 0 aromatic heterocycles. The topological polar surface area (TPSA) is 32.7 Å². The molecule has 0 spiro atoms. The highest BCUT2D eigenvalue weighted by atomic mass is 16.5. The van der Waals surface area contributed by atoms with Crippen LogP contribution in [0.15, 0.2) is 0 Å². The largest absolute Gasteiger partial charge is 0.392 e. The molecule has 15 heavy (non-hydrogen) atoms. The van der Waals surface area contributed by atoms with Gasteiger partial charge >= 0.3 is 0 Å². The number of piperidine rings is 1. The van der Waals surface area contributed by atoms with E-state index in [1.54, 1.807) is 0 Å². The van der Waals surface area contributed by atoms with E-state index in [0.717, 1.165) is 32.7 Å². The van der Waals surface area contributed by atoms with E-state index < -0.39 is 0 Å². The molecule has 0 saturated carbocycles. The molecule has 1 N–H and O–H groups in total. The van der Waals surface area contributed by atoms with Crippen LogP contribution in [0.3, 0.4) is 0 Å². The zero-order chi connectivity index (χ0) is 10.9. The minimum atomic E-state index is -0.141. The number of nitrogens with zero attached hydrogens (tertiary/aromatic N) is 1.